The smallest absolute Gasteiger partial charge is 0.326 e. The summed E-state index contributed by atoms with van der Waals surface area (Å²) in [6.45, 7) is 5.83. The quantitative estimate of drug-likeness (QED) is 0.0462. The molecule has 7 N–H and O–H groups in total. The first-order valence-electron chi connectivity index (χ1n) is 19.9. The van der Waals surface area contributed by atoms with E-state index in [-0.39, 0.29) is 18.2 Å². The first kappa shape index (κ1) is 48.8. The Hall–Kier alpha value is -6.89. The van der Waals surface area contributed by atoms with Crippen LogP contribution < -0.4 is 11.1 Å². The summed E-state index contributed by atoms with van der Waals surface area (Å²) in [6.07, 6.45) is 8.01. The second kappa shape index (κ2) is 22.8. The van der Waals surface area contributed by atoms with Gasteiger partial charge in [0.2, 0.25) is 0 Å². The normalized spacial score (nSPS) is 12.9. The van der Waals surface area contributed by atoms with Gasteiger partial charge >= 0.3 is 11.9 Å². The molecule has 0 aromatic heterocycles. The van der Waals surface area contributed by atoms with Crippen LogP contribution in [0.5, 0.6) is 0 Å². The van der Waals surface area contributed by atoms with Crippen molar-refractivity contribution in [2.75, 3.05) is 13.2 Å². The zero-order chi connectivity index (χ0) is 46.2. The summed E-state index contributed by atoms with van der Waals surface area (Å²) >= 11 is 0. The van der Waals surface area contributed by atoms with Crippen molar-refractivity contribution < 1.29 is 43.6 Å². The third-order valence-electron chi connectivity index (χ3n) is 10.2. The molecule has 326 valence electrons. The molecule has 9 nitrogen and oxygen atoms in total. The van der Waals surface area contributed by atoms with Crippen molar-refractivity contribution in [3.8, 4) is 22.3 Å². The highest BCUT2D eigenvalue weighted by Gasteiger charge is 2.31. The molecule has 0 fully saturated rings. The van der Waals surface area contributed by atoms with E-state index in [1.807, 2.05) is 123 Å². The number of aliphatic hydroxyl groups excluding tert-OH is 2. The zero-order valence-electron chi connectivity index (χ0n) is 35.6. The van der Waals surface area contributed by atoms with E-state index in [9.17, 15) is 29.0 Å². The van der Waals surface area contributed by atoms with Crippen LogP contribution in [-0.2, 0) is 16.1 Å². The molecule has 6 aromatic rings. The Kier molecular flexibility index (Phi) is 17.7. The van der Waals surface area contributed by atoms with Gasteiger partial charge in [0.25, 0.3) is 0 Å². The number of aryl methyl sites for hydroxylation is 2. The number of aldehydes is 1. The summed E-state index contributed by atoms with van der Waals surface area (Å²) in [5.41, 5.74) is 11.3. The van der Waals surface area contributed by atoms with Gasteiger partial charge in [0, 0.05) is 34.4 Å². The largest absolute Gasteiger partial charge is 0.480 e. The highest BCUT2D eigenvalue weighted by Crippen LogP contribution is 2.28. The molecule has 63 heavy (non-hydrogen) atoms. The Morgan fingerprint density at radius 1 is 0.603 bits per heavy atom. The minimum atomic E-state index is -1.49. The Balaban J connectivity index is 0.000000241. The number of hydrogen-bond acceptors (Lipinski definition) is 7. The SMILES string of the molecule is C[C@@](N)(CO)C(=O)O.Cc1ccc(C=O)cc1/C=C/c1cccc(-c2ccccc2)c1F.Cc1ccc(CN[C@](C)(CO)C(=O)O)cc1/C=C/c1cccc(-c2ccccc2)c1F. The van der Waals surface area contributed by atoms with Crippen LogP contribution in [0.25, 0.3) is 46.6 Å². The number of nitrogens with two attached hydrogens (primary N) is 1. The summed E-state index contributed by atoms with van der Waals surface area (Å²) in [5, 5.41) is 38.0. The van der Waals surface area contributed by atoms with Gasteiger partial charge in [-0.15, -0.1) is 0 Å². The fraction of sp³-hybridized carbons (Fsp3) is 0.173. The van der Waals surface area contributed by atoms with Crippen molar-refractivity contribution in [2.24, 2.45) is 5.73 Å². The third-order valence-corrected chi connectivity index (χ3v) is 10.2. The van der Waals surface area contributed by atoms with Crippen molar-refractivity contribution in [3.63, 3.8) is 0 Å². The maximum absolute atomic E-state index is 15.1. The van der Waals surface area contributed by atoms with Crippen molar-refractivity contribution in [1.29, 1.82) is 0 Å². The molecule has 0 aliphatic rings. The van der Waals surface area contributed by atoms with Crippen LogP contribution in [-0.4, -0.2) is 62.9 Å². The van der Waals surface area contributed by atoms with Gasteiger partial charge < -0.3 is 26.2 Å². The molecule has 0 spiro atoms. The molecule has 0 saturated heterocycles. The summed E-state index contributed by atoms with van der Waals surface area (Å²) in [7, 11) is 0. The van der Waals surface area contributed by atoms with Gasteiger partial charge in [0.05, 0.1) is 13.2 Å². The van der Waals surface area contributed by atoms with Gasteiger partial charge in [0.1, 0.15) is 29.0 Å². The molecular formula is C52H52F2N2O7. The third kappa shape index (κ3) is 13.5. The van der Waals surface area contributed by atoms with Crippen LogP contribution >= 0.6 is 0 Å². The van der Waals surface area contributed by atoms with Crippen molar-refractivity contribution in [2.45, 2.75) is 45.3 Å². The predicted molar refractivity (Wildman–Crippen MR) is 247 cm³/mol. The minimum absolute atomic E-state index is 0.246. The molecule has 0 aliphatic heterocycles. The highest BCUT2D eigenvalue weighted by molar-refractivity contribution is 5.81. The summed E-state index contributed by atoms with van der Waals surface area (Å²) in [4.78, 5) is 32.2. The van der Waals surface area contributed by atoms with E-state index >= 15 is 4.39 Å². The predicted octanol–water partition coefficient (Wildman–Crippen LogP) is 9.46. The van der Waals surface area contributed by atoms with E-state index in [1.54, 1.807) is 48.6 Å². The zero-order valence-corrected chi connectivity index (χ0v) is 35.6. The second-order valence-corrected chi connectivity index (χ2v) is 15.3. The number of halogens is 2. The maximum Gasteiger partial charge on any atom is 0.326 e. The Morgan fingerprint density at radius 2 is 1.06 bits per heavy atom. The number of rotatable bonds is 14. The number of carboxylic acid groups (broad SMARTS) is 2. The van der Waals surface area contributed by atoms with Gasteiger partial charge in [-0.05, 0) is 72.7 Å². The Labute approximate surface area is 366 Å². The van der Waals surface area contributed by atoms with Gasteiger partial charge in [-0.1, -0.05) is 152 Å². The van der Waals surface area contributed by atoms with E-state index in [1.165, 1.54) is 13.8 Å². The van der Waals surface area contributed by atoms with Gasteiger partial charge in [0.15, 0.2) is 0 Å². The van der Waals surface area contributed by atoms with E-state index < -0.39 is 36.2 Å². The van der Waals surface area contributed by atoms with Crippen LogP contribution in [0.3, 0.4) is 0 Å². The summed E-state index contributed by atoms with van der Waals surface area (Å²) < 4.78 is 29.9. The monoisotopic (exact) mass is 854 g/mol. The molecule has 0 bridgehead atoms. The van der Waals surface area contributed by atoms with Crippen molar-refractivity contribution in [1.82, 2.24) is 5.32 Å². The van der Waals surface area contributed by atoms with E-state index in [4.69, 9.17) is 15.9 Å². The molecule has 2 atom stereocenters. The molecule has 0 saturated carbocycles. The first-order valence-corrected chi connectivity index (χ1v) is 19.9. The average Bonchev–Trinajstić information content (AvgIpc) is 3.29. The molecule has 0 unspecified atom stereocenters. The van der Waals surface area contributed by atoms with Crippen molar-refractivity contribution >= 4 is 42.5 Å². The molecule has 0 aliphatic carbocycles. The van der Waals surface area contributed by atoms with Crippen LogP contribution in [0.4, 0.5) is 8.78 Å². The number of carboxylic acids is 2. The molecule has 0 heterocycles. The lowest BCUT2D eigenvalue weighted by atomic mass is 9.99. The average molecular weight is 855 g/mol. The van der Waals surface area contributed by atoms with Gasteiger partial charge in [-0.25, -0.2) is 8.78 Å². The fourth-order valence-electron chi connectivity index (χ4n) is 5.85. The summed E-state index contributed by atoms with van der Waals surface area (Å²) in [5.74, 6) is -2.83. The molecule has 0 radical (unpaired) electrons. The fourth-order valence-corrected chi connectivity index (χ4v) is 5.85. The number of carbonyl (C=O) groups is 3. The molecular weight excluding hydrogens is 803 g/mol. The molecule has 11 heteroatoms. The van der Waals surface area contributed by atoms with E-state index in [0.29, 0.717) is 27.8 Å². The molecule has 6 aromatic carbocycles. The van der Waals surface area contributed by atoms with Crippen molar-refractivity contribution in [3.05, 3.63) is 190 Å². The lowest BCUT2D eigenvalue weighted by Gasteiger charge is -2.24. The minimum Gasteiger partial charge on any atom is -0.480 e. The first-order chi connectivity index (χ1) is 30.0. The Bertz CT molecular complexity index is 2560. The number of aliphatic hydroxyl groups is 2. The van der Waals surface area contributed by atoms with Crippen LogP contribution in [0.1, 0.15) is 63.1 Å². The number of benzene rings is 6. The topological polar surface area (TPSA) is 170 Å². The lowest BCUT2D eigenvalue weighted by molar-refractivity contribution is -0.146. The molecule has 0 amide bonds. The standard InChI is InChI=1S/C26H26FNO3.C22H17FO.C4H9NO3/c1-18-11-12-19(16-28-26(2,17-29)25(30)31)15-22(18)14-13-21-9-6-10-23(24(21)27)20-7-4-3-5-8-20;1-16-10-11-17(15-24)14-20(16)13-12-19-8-5-9-21(22(19)23)18-6-3-2-4-7-18;1-4(5,2-6)3(7)8/h3-15,28-29H,16-17H2,1-2H3,(H,30,31);2-15H,1H3;6H,2,5H2,1H3,(H,7,8)/b14-13+;13-12+;/t26-;;4-/m1.1/s1. The number of nitrogens with one attached hydrogen (secondary N) is 1. The van der Waals surface area contributed by atoms with E-state index in [2.05, 4.69) is 5.32 Å². The summed E-state index contributed by atoms with van der Waals surface area (Å²) in [6, 6.07) is 40.8. The highest BCUT2D eigenvalue weighted by atomic mass is 19.1. The number of aliphatic carboxylic acids is 2. The van der Waals surface area contributed by atoms with Crippen LogP contribution in [0, 0.1) is 25.5 Å². The second-order valence-electron chi connectivity index (χ2n) is 15.3. The van der Waals surface area contributed by atoms with Gasteiger partial charge in [-0.2, -0.15) is 0 Å². The Morgan fingerprint density at radius 3 is 1.48 bits per heavy atom. The van der Waals surface area contributed by atoms with E-state index in [0.717, 1.165) is 45.2 Å². The molecule has 6 rings (SSSR count). The maximum atomic E-state index is 15.1. The lowest BCUT2D eigenvalue weighted by Crippen LogP contribution is -2.52. The van der Waals surface area contributed by atoms with Crippen LogP contribution in [0.2, 0.25) is 0 Å². The van der Waals surface area contributed by atoms with Gasteiger partial charge in [-0.3, -0.25) is 19.7 Å². The number of carbonyl (C=O) groups excluding carboxylic acids is 1. The van der Waals surface area contributed by atoms with Crippen LogP contribution in [0.15, 0.2) is 133 Å². The number of hydrogen-bond donors (Lipinski definition) is 6.